The van der Waals surface area contributed by atoms with E-state index < -0.39 is 0 Å². The maximum Gasteiger partial charge on any atom is 0.156 e. The van der Waals surface area contributed by atoms with E-state index >= 15 is 0 Å². The summed E-state index contributed by atoms with van der Waals surface area (Å²) in [6.45, 7) is 3.49. The van der Waals surface area contributed by atoms with Crippen LogP contribution in [-0.4, -0.2) is 49.3 Å². The van der Waals surface area contributed by atoms with E-state index in [1.165, 1.54) is 0 Å². The average Bonchev–Trinajstić information content (AvgIpc) is 2.15. The maximum atomic E-state index is 8.44. The van der Waals surface area contributed by atoms with E-state index in [1.54, 1.807) is 7.11 Å². The molecule has 0 amide bonds. The van der Waals surface area contributed by atoms with Crippen LogP contribution in [0.2, 0.25) is 0 Å². The standard InChI is InChI=1S/C8H19N3O2/c1-7(8(9)10-12)11(2)5-4-6-13-3/h7,12H,4-6H2,1-3H3,(H2,9,10). The smallest absolute Gasteiger partial charge is 0.156 e. The van der Waals surface area contributed by atoms with Gasteiger partial charge in [0.25, 0.3) is 0 Å². The summed E-state index contributed by atoms with van der Waals surface area (Å²) in [6, 6.07) is -0.0399. The van der Waals surface area contributed by atoms with E-state index in [0.717, 1.165) is 19.6 Å². The van der Waals surface area contributed by atoms with E-state index in [2.05, 4.69) is 5.16 Å². The molecule has 0 heterocycles. The Hall–Kier alpha value is -0.810. The van der Waals surface area contributed by atoms with Crippen molar-refractivity contribution in [1.82, 2.24) is 4.90 Å². The molecule has 0 aromatic carbocycles. The quantitative estimate of drug-likeness (QED) is 0.204. The summed E-state index contributed by atoms with van der Waals surface area (Å²) in [7, 11) is 3.60. The third-order valence-electron chi connectivity index (χ3n) is 2.06. The summed E-state index contributed by atoms with van der Waals surface area (Å²) in [4.78, 5) is 2.01. The minimum absolute atomic E-state index is 0.0399. The molecule has 0 rings (SSSR count). The lowest BCUT2D eigenvalue weighted by atomic mass is 10.2. The molecule has 0 aromatic heterocycles. The molecule has 3 N–H and O–H groups in total. The van der Waals surface area contributed by atoms with Crippen LogP contribution in [0.25, 0.3) is 0 Å². The van der Waals surface area contributed by atoms with Gasteiger partial charge in [-0.15, -0.1) is 0 Å². The Bertz CT molecular complexity index is 161. The lowest BCUT2D eigenvalue weighted by Crippen LogP contribution is -2.41. The van der Waals surface area contributed by atoms with Crippen LogP contribution in [0.5, 0.6) is 0 Å². The van der Waals surface area contributed by atoms with Crippen molar-refractivity contribution in [3.05, 3.63) is 0 Å². The number of methoxy groups -OCH3 is 1. The van der Waals surface area contributed by atoms with Crippen molar-refractivity contribution in [2.24, 2.45) is 10.9 Å². The highest BCUT2D eigenvalue weighted by Crippen LogP contribution is 1.97. The van der Waals surface area contributed by atoms with E-state index in [1.807, 2.05) is 18.9 Å². The second kappa shape index (κ2) is 6.68. The van der Waals surface area contributed by atoms with Gasteiger partial charge in [0, 0.05) is 20.3 Å². The largest absolute Gasteiger partial charge is 0.409 e. The maximum absolute atomic E-state index is 8.44. The van der Waals surface area contributed by atoms with Crippen molar-refractivity contribution >= 4 is 5.84 Å². The highest BCUT2D eigenvalue weighted by molar-refractivity contribution is 5.84. The zero-order valence-electron chi connectivity index (χ0n) is 8.53. The summed E-state index contributed by atoms with van der Waals surface area (Å²) in [5.41, 5.74) is 5.45. The predicted octanol–water partition coefficient (Wildman–Crippen LogP) is 0.0896. The predicted molar refractivity (Wildman–Crippen MR) is 52.0 cm³/mol. The van der Waals surface area contributed by atoms with Gasteiger partial charge in [0.15, 0.2) is 5.84 Å². The molecular formula is C8H19N3O2. The van der Waals surface area contributed by atoms with Crippen LogP contribution in [0.1, 0.15) is 13.3 Å². The van der Waals surface area contributed by atoms with E-state index in [4.69, 9.17) is 15.7 Å². The van der Waals surface area contributed by atoms with Crippen molar-refractivity contribution in [1.29, 1.82) is 0 Å². The molecule has 0 aliphatic carbocycles. The van der Waals surface area contributed by atoms with Gasteiger partial charge in [0.1, 0.15) is 0 Å². The Morgan fingerprint density at radius 2 is 2.31 bits per heavy atom. The summed E-state index contributed by atoms with van der Waals surface area (Å²) in [6.07, 6.45) is 0.941. The van der Waals surface area contributed by atoms with Gasteiger partial charge in [-0.25, -0.2) is 0 Å². The number of oxime groups is 1. The second-order valence-corrected chi connectivity index (χ2v) is 3.03. The molecule has 1 atom stereocenters. The number of nitrogens with zero attached hydrogens (tertiary/aromatic N) is 2. The molecule has 5 nitrogen and oxygen atoms in total. The first-order valence-electron chi connectivity index (χ1n) is 4.30. The molecule has 0 saturated heterocycles. The van der Waals surface area contributed by atoms with Gasteiger partial charge in [0.05, 0.1) is 6.04 Å². The fourth-order valence-corrected chi connectivity index (χ4v) is 0.961. The number of nitrogens with two attached hydrogens (primary N) is 1. The Morgan fingerprint density at radius 3 is 2.77 bits per heavy atom. The molecular weight excluding hydrogens is 170 g/mol. The Morgan fingerprint density at radius 1 is 1.69 bits per heavy atom. The van der Waals surface area contributed by atoms with E-state index in [-0.39, 0.29) is 11.9 Å². The van der Waals surface area contributed by atoms with Gasteiger partial charge in [-0.2, -0.15) is 0 Å². The van der Waals surface area contributed by atoms with Gasteiger partial charge in [-0.1, -0.05) is 5.16 Å². The Labute approximate surface area is 79.2 Å². The van der Waals surface area contributed by atoms with Gasteiger partial charge in [-0.3, -0.25) is 4.90 Å². The highest BCUT2D eigenvalue weighted by atomic mass is 16.5. The molecule has 78 valence electrons. The number of ether oxygens (including phenoxy) is 1. The molecule has 0 fully saturated rings. The van der Waals surface area contributed by atoms with Crippen molar-refractivity contribution < 1.29 is 9.94 Å². The molecule has 0 spiro atoms. The number of amidine groups is 1. The van der Waals surface area contributed by atoms with E-state index in [9.17, 15) is 0 Å². The summed E-state index contributed by atoms with van der Waals surface area (Å²) >= 11 is 0. The zero-order valence-corrected chi connectivity index (χ0v) is 8.53. The van der Waals surface area contributed by atoms with Crippen LogP contribution in [0.3, 0.4) is 0 Å². The molecule has 13 heavy (non-hydrogen) atoms. The van der Waals surface area contributed by atoms with Gasteiger partial charge in [0.2, 0.25) is 0 Å². The van der Waals surface area contributed by atoms with Crippen LogP contribution in [0.15, 0.2) is 5.16 Å². The monoisotopic (exact) mass is 189 g/mol. The molecule has 5 heteroatoms. The zero-order chi connectivity index (χ0) is 10.3. The third-order valence-corrected chi connectivity index (χ3v) is 2.06. The normalized spacial score (nSPS) is 14.9. The lowest BCUT2D eigenvalue weighted by Gasteiger charge is -2.22. The van der Waals surface area contributed by atoms with Gasteiger partial charge in [-0.05, 0) is 20.4 Å². The lowest BCUT2D eigenvalue weighted by molar-refractivity contribution is 0.176. The summed E-state index contributed by atoms with van der Waals surface area (Å²) in [5.74, 6) is 0.236. The van der Waals surface area contributed by atoms with Crippen LogP contribution >= 0.6 is 0 Å². The second-order valence-electron chi connectivity index (χ2n) is 3.03. The van der Waals surface area contributed by atoms with Crippen molar-refractivity contribution in [2.45, 2.75) is 19.4 Å². The average molecular weight is 189 g/mol. The molecule has 0 aliphatic heterocycles. The van der Waals surface area contributed by atoms with Crippen molar-refractivity contribution in [3.63, 3.8) is 0 Å². The summed E-state index contributed by atoms with van der Waals surface area (Å²) < 4.78 is 4.92. The Kier molecular flexibility index (Phi) is 6.26. The van der Waals surface area contributed by atoms with E-state index in [0.29, 0.717) is 0 Å². The fraction of sp³-hybridized carbons (Fsp3) is 0.875. The minimum Gasteiger partial charge on any atom is -0.409 e. The van der Waals surface area contributed by atoms with Gasteiger partial charge >= 0.3 is 0 Å². The first kappa shape index (κ1) is 12.2. The van der Waals surface area contributed by atoms with Crippen LogP contribution in [0.4, 0.5) is 0 Å². The molecule has 0 aliphatic rings. The third kappa shape index (κ3) is 4.69. The van der Waals surface area contributed by atoms with Gasteiger partial charge < -0.3 is 15.7 Å². The highest BCUT2D eigenvalue weighted by Gasteiger charge is 2.12. The molecule has 1 unspecified atom stereocenters. The molecule has 0 bridgehead atoms. The van der Waals surface area contributed by atoms with Crippen LogP contribution in [0, 0.1) is 0 Å². The Balaban J connectivity index is 3.75. The number of rotatable bonds is 6. The number of hydrogen-bond acceptors (Lipinski definition) is 4. The van der Waals surface area contributed by atoms with Crippen molar-refractivity contribution in [2.75, 3.05) is 27.3 Å². The number of likely N-dealkylation sites (N-methyl/N-ethyl adjacent to an activating group) is 1. The SMILES string of the molecule is COCCCN(C)C(C)C(N)=NO. The first-order valence-corrected chi connectivity index (χ1v) is 4.30. The topological polar surface area (TPSA) is 71.1 Å². The minimum atomic E-state index is -0.0399. The summed E-state index contributed by atoms with van der Waals surface area (Å²) in [5, 5.41) is 11.4. The van der Waals surface area contributed by atoms with Crippen LogP contribution in [-0.2, 0) is 4.74 Å². The molecule has 0 saturated carbocycles. The first-order chi connectivity index (χ1) is 6.13. The molecule has 0 aromatic rings. The van der Waals surface area contributed by atoms with Crippen molar-refractivity contribution in [3.8, 4) is 0 Å². The number of hydrogen-bond donors (Lipinski definition) is 2. The fourth-order valence-electron chi connectivity index (χ4n) is 0.961. The van der Waals surface area contributed by atoms with Crippen LogP contribution < -0.4 is 5.73 Å². The molecule has 0 radical (unpaired) electrons.